The van der Waals surface area contributed by atoms with Crippen molar-refractivity contribution in [1.82, 2.24) is 4.98 Å². The number of aryl methyl sites for hydroxylation is 1. The largest absolute Gasteiger partial charge is 0.487 e. The molecule has 7 heteroatoms. The molecule has 1 aromatic heterocycles. The average molecular weight is 347 g/mol. The van der Waals surface area contributed by atoms with Crippen molar-refractivity contribution in [3.63, 3.8) is 0 Å². The summed E-state index contributed by atoms with van der Waals surface area (Å²) in [5.41, 5.74) is 1.75. The molecule has 0 N–H and O–H groups in total. The van der Waals surface area contributed by atoms with Crippen molar-refractivity contribution in [2.24, 2.45) is 0 Å². The first-order chi connectivity index (χ1) is 11.6. The van der Waals surface area contributed by atoms with Crippen molar-refractivity contribution in [3.05, 3.63) is 44.4 Å². The van der Waals surface area contributed by atoms with Crippen LogP contribution in [0, 0.1) is 17.0 Å². The summed E-state index contributed by atoms with van der Waals surface area (Å²) in [6, 6.07) is 5.30. The smallest absolute Gasteiger partial charge is 0.333 e. The fourth-order valence-corrected chi connectivity index (χ4v) is 4.10. The predicted molar refractivity (Wildman–Crippen MR) is 95.3 cm³/mol. The van der Waals surface area contributed by atoms with E-state index in [1.807, 2.05) is 26.0 Å². The first-order valence-corrected chi connectivity index (χ1v) is 9.05. The Labute approximate surface area is 145 Å². The minimum absolute atomic E-state index is 0.0651. The SMILES string of the molecule is CCOc1cccc(N2CCCC(c3nc(C)cs3)C2)c1[N+](=O)[O-]. The molecule has 1 fully saturated rings. The molecule has 0 spiro atoms. The molecule has 1 aliphatic heterocycles. The predicted octanol–water partition coefficient (Wildman–Crippen LogP) is 4.14. The molecule has 128 valence electrons. The van der Waals surface area contributed by atoms with E-state index in [1.54, 1.807) is 17.4 Å². The van der Waals surface area contributed by atoms with Crippen molar-refractivity contribution >= 4 is 22.7 Å². The molecule has 1 aliphatic rings. The van der Waals surface area contributed by atoms with Crippen LogP contribution >= 0.6 is 11.3 Å². The lowest BCUT2D eigenvalue weighted by atomic mass is 9.98. The number of thiazole rings is 1. The standard InChI is InChI=1S/C17H21N3O3S/c1-3-23-15-8-4-7-14(16(15)20(21)22)19-9-5-6-13(10-19)17-18-12(2)11-24-17/h4,7-8,11,13H,3,5-6,9-10H2,1-2H3. The van der Waals surface area contributed by atoms with E-state index in [-0.39, 0.29) is 10.6 Å². The first-order valence-electron chi connectivity index (χ1n) is 8.17. The Morgan fingerprint density at radius 3 is 3.00 bits per heavy atom. The third-order valence-electron chi connectivity index (χ3n) is 4.21. The highest BCUT2D eigenvalue weighted by atomic mass is 32.1. The average Bonchev–Trinajstić information content (AvgIpc) is 3.01. The van der Waals surface area contributed by atoms with Crippen LogP contribution in [0.4, 0.5) is 11.4 Å². The summed E-state index contributed by atoms with van der Waals surface area (Å²) in [7, 11) is 0. The van der Waals surface area contributed by atoms with Crippen LogP contribution in [-0.4, -0.2) is 29.6 Å². The fourth-order valence-electron chi connectivity index (χ4n) is 3.18. The first kappa shape index (κ1) is 16.7. The molecule has 0 amide bonds. The second kappa shape index (κ2) is 7.17. The van der Waals surface area contributed by atoms with Gasteiger partial charge in [-0.3, -0.25) is 10.1 Å². The van der Waals surface area contributed by atoms with Crippen molar-refractivity contribution in [3.8, 4) is 5.75 Å². The van der Waals surface area contributed by atoms with Gasteiger partial charge in [-0.2, -0.15) is 0 Å². The Morgan fingerprint density at radius 1 is 1.50 bits per heavy atom. The van der Waals surface area contributed by atoms with Crippen LogP contribution in [0.1, 0.15) is 36.4 Å². The topological polar surface area (TPSA) is 68.5 Å². The molecule has 1 aromatic carbocycles. The zero-order valence-corrected chi connectivity index (χ0v) is 14.7. The van der Waals surface area contributed by atoms with Gasteiger partial charge in [0.25, 0.3) is 0 Å². The number of aromatic nitrogens is 1. The van der Waals surface area contributed by atoms with E-state index in [0.29, 0.717) is 24.0 Å². The number of hydrogen-bond acceptors (Lipinski definition) is 6. The summed E-state index contributed by atoms with van der Waals surface area (Å²) in [5, 5.41) is 14.8. The maximum Gasteiger partial charge on any atom is 0.333 e. The molecule has 0 radical (unpaired) electrons. The van der Waals surface area contributed by atoms with Gasteiger partial charge < -0.3 is 9.64 Å². The normalized spacial score (nSPS) is 17.8. The van der Waals surface area contributed by atoms with Gasteiger partial charge in [0.1, 0.15) is 5.69 Å². The number of nitro benzene ring substituents is 1. The molecule has 1 atom stereocenters. The van der Waals surface area contributed by atoms with Gasteiger partial charge in [0.15, 0.2) is 5.75 Å². The van der Waals surface area contributed by atoms with Crippen molar-refractivity contribution < 1.29 is 9.66 Å². The lowest BCUT2D eigenvalue weighted by Crippen LogP contribution is -2.34. The number of nitrogens with zero attached hydrogens (tertiary/aromatic N) is 3. The van der Waals surface area contributed by atoms with Crippen LogP contribution in [0.15, 0.2) is 23.6 Å². The van der Waals surface area contributed by atoms with Gasteiger partial charge in [0.05, 0.1) is 16.5 Å². The quantitative estimate of drug-likeness (QED) is 0.600. The van der Waals surface area contributed by atoms with Crippen LogP contribution in [0.3, 0.4) is 0 Å². The Kier molecular flexibility index (Phi) is 4.99. The Hall–Kier alpha value is -2.15. The Bertz CT molecular complexity index is 732. The molecular formula is C17H21N3O3S. The highest BCUT2D eigenvalue weighted by molar-refractivity contribution is 7.09. The molecule has 6 nitrogen and oxygen atoms in total. The number of benzene rings is 1. The number of piperidine rings is 1. The number of rotatable bonds is 5. The van der Waals surface area contributed by atoms with E-state index in [1.165, 1.54) is 0 Å². The molecule has 0 bridgehead atoms. The molecule has 3 rings (SSSR count). The zero-order chi connectivity index (χ0) is 17.1. The van der Waals surface area contributed by atoms with Gasteiger partial charge >= 0.3 is 5.69 Å². The van der Waals surface area contributed by atoms with Gasteiger partial charge in [-0.1, -0.05) is 6.07 Å². The third kappa shape index (κ3) is 3.36. The van der Waals surface area contributed by atoms with Crippen LogP contribution in [0.2, 0.25) is 0 Å². The fraction of sp³-hybridized carbons (Fsp3) is 0.471. The van der Waals surface area contributed by atoms with Gasteiger partial charge in [-0.25, -0.2) is 4.98 Å². The maximum atomic E-state index is 11.6. The van der Waals surface area contributed by atoms with Gasteiger partial charge in [0, 0.05) is 30.1 Å². The second-order valence-electron chi connectivity index (χ2n) is 5.93. The van der Waals surface area contributed by atoms with Gasteiger partial charge in [0.2, 0.25) is 0 Å². The van der Waals surface area contributed by atoms with E-state index >= 15 is 0 Å². The monoisotopic (exact) mass is 347 g/mol. The molecule has 2 aromatic rings. The lowest BCUT2D eigenvalue weighted by Gasteiger charge is -2.33. The number of nitro groups is 1. The van der Waals surface area contributed by atoms with E-state index in [4.69, 9.17) is 4.74 Å². The van der Waals surface area contributed by atoms with Crippen LogP contribution in [0.5, 0.6) is 5.75 Å². The van der Waals surface area contributed by atoms with Crippen LogP contribution < -0.4 is 9.64 Å². The number of hydrogen-bond donors (Lipinski definition) is 0. The highest BCUT2D eigenvalue weighted by Gasteiger charge is 2.30. The summed E-state index contributed by atoms with van der Waals surface area (Å²) in [4.78, 5) is 18.0. The second-order valence-corrected chi connectivity index (χ2v) is 6.82. The van der Waals surface area contributed by atoms with Crippen LogP contribution in [0.25, 0.3) is 0 Å². The summed E-state index contributed by atoms with van der Waals surface area (Å²) < 4.78 is 5.47. The van der Waals surface area contributed by atoms with Gasteiger partial charge in [-0.05, 0) is 38.8 Å². The van der Waals surface area contributed by atoms with E-state index in [2.05, 4.69) is 15.3 Å². The van der Waals surface area contributed by atoms with E-state index in [0.717, 1.165) is 36.6 Å². The summed E-state index contributed by atoms with van der Waals surface area (Å²) >= 11 is 1.68. The summed E-state index contributed by atoms with van der Waals surface area (Å²) in [6.07, 6.45) is 2.07. The number of para-hydroxylation sites is 1. The lowest BCUT2D eigenvalue weighted by molar-refractivity contribution is -0.385. The molecule has 0 saturated carbocycles. The van der Waals surface area contributed by atoms with Gasteiger partial charge in [-0.15, -0.1) is 11.3 Å². The molecule has 1 saturated heterocycles. The Morgan fingerprint density at radius 2 is 2.33 bits per heavy atom. The van der Waals surface area contributed by atoms with Crippen LogP contribution in [-0.2, 0) is 0 Å². The minimum Gasteiger partial charge on any atom is -0.487 e. The summed E-state index contributed by atoms with van der Waals surface area (Å²) in [5.74, 6) is 0.667. The minimum atomic E-state index is -0.336. The summed E-state index contributed by atoms with van der Waals surface area (Å²) in [6.45, 7) is 5.81. The van der Waals surface area contributed by atoms with Crippen molar-refractivity contribution in [1.29, 1.82) is 0 Å². The van der Waals surface area contributed by atoms with Crippen molar-refractivity contribution in [2.75, 3.05) is 24.6 Å². The number of ether oxygens (including phenoxy) is 1. The molecule has 24 heavy (non-hydrogen) atoms. The highest BCUT2D eigenvalue weighted by Crippen LogP contribution is 2.40. The third-order valence-corrected chi connectivity index (χ3v) is 5.33. The molecule has 2 heterocycles. The molecule has 0 aliphatic carbocycles. The van der Waals surface area contributed by atoms with E-state index < -0.39 is 0 Å². The molecular weight excluding hydrogens is 326 g/mol. The number of anilines is 1. The maximum absolute atomic E-state index is 11.6. The molecule has 1 unspecified atom stereocenters. The van der Waals surface area contributed by atoms with Crippen molar-refractivity contribution in [2.45, 2.75) is 32.6 Å². The zero-order valence-electron chi connectivity index (χ0n) is 13.9. The van der Waals surface area contributed by atoms with E-state index in [9.17, 15) is 10.1 Å². The Balaban J connectivity index is 1.90.